The average molecular weight is 220 g/mol. The lowest BCUT2D eigenvalue weighted by Gasteiger charge is -2.39. The van der Waals surface area contributed by atoms with Crippen LogP contribution in [-0.2, 0) is 9.47 Å². The molecule has 0 aliphatic carbocycles. The molecule has 0 spiro atoms. The first kappa shape index (κ1) is 12.6. The number of hydrogen-bond acceptors (Lipinski definition) is 6. The molecule has 1 aliphatic rings. The van der Waals surface area contributed by atoms with E-state index in [1.807, 2.05) is 0 Å². The molecule has 0 bridgehead atoms. The van der Waals surface area contributed by atoms with Crippen LogP contribution in [0.2, 0.25) is 0 Å². The van der Waals surface area contributed by atoms with Gasteiger partial charge in [-0.2, -0.15) is 0 Å². The summed E-state index contributed by atoms with van der Waals surface area (Å²) in [4.78, 5) is 0. The smallest absolute Gasteiger partial charge is 0.184 e. The zero-order chi connectivity index (χ0) is 11.4. The highest BCUT2D eigenvalue weighted by molar-refractivity contribution is 4.90. The number of rotatable bonds is 4. The molecule has 1 unspecified atom stereocenters. The van der Waals surface area contributed by atoms with E-state index in [4.69, 9.17) is 14.6 Å². The predicted molar refractivity (Wildman–Crippen MR) is 49.9 cm³/mol. The molecule has 88 valence electrons. The first-order valence-corrected chi connectivity index (χ1v) is 4.64. The summed E-state index contributed by atoms with van der Waals surface area (Å²) in [5.74, 6) is 0. The van der Waals surface area contributed by atoms with Crippen molar-refractivity contribution < 1.29 is 29.9 Å². The van der Waals surface area contributed by atoms with Crippen molar-refractivity contribution in [3.8, 4) is 0 Å². The summed E-state index contributed by atoms with van der Waals surface area (Å²) in [7, 11) is 0. The Balaban J connectivity index is 2.65. The molecule has 0 radical (unpaired) electrons. The van der Waals surface area contributed by atoms with Crippen LogP contribution in [0, 0.1) is 0 Å². The molecule has 1 rings (SSSR count). The predicted octanol–water partition coefficient (Wildman–Crippen LogP) is -2.01. The molecule has 6 nitrogen and oxygen atoms in total. The Morgan fingerprint density at radius 3 is 2.47 bits per heavy atom. The molecular weight excluding hydrogens is 204 g/mol. The summed E-state index contributed by atoms with van der Waals surface area (Å²) >= 11 is 0. The van der Waals surface area contributed by atoms with Crippen molar-refractivity contribution in [2.45, 2.75) is 30.7 Å². The van der Waals surface area contributed by atoms with Crippen molar-refractivity contribution in [3.05, 3.63) is 12.7 Å². The van der Waals surface area contributed by atoms with Gasteiger partial charge in [-0.3, -0.25) is 0 Å². The van der Waals surface area contributed by atoms with Crippen molar-refractivity contribution in [3.63, 3.8) is 0 Å². The number of aliphatic hydroxyl groups excluding tert-OH is 4. The van der Waals surface area contributed by atoms with Gasteiger partial charge in [0.15, 0.2) is 6.29 Å². The molecule has 1 heterocycles. The number of hydrogen-bond donors (Lipinski definition) is 4. The van der Waals surface area contributed by atoms with Gasteiger partial charge in [-0.05, 0) is 0 Å². The van der Waals surface area contributed by atoms with Gasteiger partial charge < -0.3 is 29.9 Å². The number of aliphatic hydroxyl groups is 4. The minimum Gasteiger partial charge on any atom is -0.394 e. The maximum atomic E-state index is 9.63. The van der Waals surface area contributed by atoms with Gasteiger partial charge in [0.25, 0.3) is 0 Å². The summed E-state index contributed by atoms with van der Waals surface area (Å²) in [6.07, 6.45) is -4.51. The second-order valence-corrected chi connectivity index (χ2v) is 3.32. The summed E-state index contributed by atoms with van der Waals surface area (Å²) < 4.78 is 9.86. The Labute approximate surface area is 87.4 Å². The van der Waals surface area contributed by atoms with E-state index in [2.05, 4.69) is 6.58 Å². The third-order valence-electron chi connectivity index (χ3n) is 2.25. The lowest BCUT2D eigenvalue weighted by Crippen LogP contribution is -2.59. The standard InChI is InChI=1S/C9H16O6/c1-2-3-14-8-6(11)5(4-10)15-9(13)7(8)12/h2,5-13H,1,3-4H2/t5-,6-,7+,8+,9?/m1/s1. The maximum Gasteiger partial charge on any atom is 0.184 e. The Morgan fingerprint density at radius 1 is 1.27 bits per heavy atom. The molecule has 6 heteroatoms. The quantitative estimate of drug-likeness (QED) is 0.408. The second-order valence-electron chi connectivity index (χ2n) is 3.32. The molecule has 1 aliphatic heterocycles. The van der Waals surface area contributed by atoms with Crippen LogP contribution in [0.1, 0.15) is 0 Å². The van der Waals surface area contributed by atoms with Crippen molar-refractivity contribution in [2.24, 2.45) is 0 Å². The third kappa shape index (κ3) is 2.75. The van der Waals surface area contributed by atoms with Crippen molar-refractivity contribution >= 4 is 0 Å². The molecule has 4 N–H and O–H groups in total. The molecule has 0 aromatic heterocycles. The van der Waals surface area contributed by atoms with E-state index in [-0.39, 0.29) is 6.61 Å². The van der Waals surface area contributed by atoms with Gasteiger partial charge in [0, 0.05) is 0 Å². The maximum absolute atomic E-state index is 9.63. The van der Waals surface area contributed by atoms with E-state index in [1.165, 1.54) is 6.08 Å². The highest BCUT2D eigenvalue weighted by Gasteiger charge is 2.44. The molecule has 0 aromatic carbocycles. The van der Waals surface area contributed by atoms with Crippen LogP contribution in [0.4, 0.5) is 0 Å². The monoisotopic (exact) mass is 220 g/mol. The van der Waals surface area contributed by atoms with Crippen LogP contribution in [0.25, 0.3) is 0 Å². The second kappa shape index (κ2) is 5.55. The molecule has 0 amide bonds. The molecular formula is C9H16O6. The van der Waals surface area contributed by atoms with E-state index >= 15 is 0 Å². The van der Waals surface area contributed by atoms with E-state index in [9.17, 15) is 15.3 Å². The van der Waals surface area contributed by atoms with Crippen molar-refractivity contribution in [1.29, 1.82) is 0 Å². The topological polar surface area (TPSA) is 99.4 Å². The van der Waals surface area contributed by atoms with Crippen molar-refractivity contribution in [1.82, 2.24) is 0 Å². The lowest BCUT2D eigenvalue weighted by atomic mass is 9.99. The highest BCUT2D eigenvalue weighted by atomic mass is 16.6. The Kier molecular flexibility index (Phi) is 4.65. The Hall–Kier alpha value is -0.500. The van der Waals surface area contributed by atoms with Crippen molar-refractivity contribution in [2.75, 3.05) is 13.2 Å². The van der Waals surface area contributed by atoms with Gasteiger partial charge >= 0.3 is 0 Å². The molecule has 1 saturated heterocycles. The lowest BCUT2D eigenvalue weighted by molar-refractivity contribution is -0.292. The van der Waals surface area contributed by atoms with Gasteiger partial charge in [-0.25, -0.2) is 0 Å². The first-order chi connectivity index (χ1) is 7.11. The molecule has 5 atom stereocenters. The fraction of sp³-hybridized carbons (Fsp3) is 0.778. The Morgan fingerprint density at radius 2 is 1.93 bits per heavy atom. The van der Waals surface area contributed by atoms with E-state index in [0.29, 0.717) is 0 Å². The zero-order valence-electron chi connectivity index (χ0n) is 8.19. The van der Waals surface area contributed by atoms with E-state index in [1.54, 1.807) is 0 Å². The SMILES string of the molecule is C=CCO[C@H]1[C@H](O)[C@@H](CO)OC(O)[C@H]1O. The van der Waals surface area contributed by atoms with Crippen LogP contribution in [0.15, 0.2) is 12.7 Å². The summed E-state index contributed by atoms with van der Waals surface area (Å²) in [5.41, 5.74) is 0. The summed E-state index contributed by atoms with van der Waals surface area (Å²) in [6.45, 7) is 3.09. The highest BCUT2D eigenvalue weighted by Crippen LogP contribution is 2.22. The van der Waals surface area contributed by atoms with Crippen LogP contribution in [0.5, 0.6) is 0 Å². The summed E-state index contributed by atoms with van der Waals surface area (Å²) in [6, 6.07) is 0. The number of ether oxygens (including phenoxy) is 2. The van der Waals surface area contributed by atoms with Gasteiger partial charge in [0.2, 0.25) is 0 Å². The fourth-order valence-electron chi connectivity index (χ4n) is 1.44. The average Bonchev–Trinajstić information content (AvgIpc) is 2.23. The minimum atomic E-state index is -1.47. The molecule has 0 saturated carbocycles. The van der Waals surface area contributed by atoms with Gasteiger partial charge in [-0.1, -0.05) is 6.08 Å². The van der Waals surface area contributed by atoms with Crippen LogP contribution in [0.3, 0.4) is 0 Å². The Bertz CT molecular complexity index is 209. The molecule has 1 fully saturated rings. The minimum absolute atomic E-state index is 0.129. The molecule has 15 heavy (non-hydrogen) atoms. The fourth-order valence-corrected chi connectivity index (χ4v) is 1.44. The largest absolute Gasteiger partial charge is 0.394 e. The molecule has 0 aromatic rings. The van der Waals surface area contributed by atoms with Gasteiger partial charge in [-0.15, -0.1) is 6.58 Å². The van der Waals surface area contributed by atoms with Gasteiger partial charge in [0.1, 0.15) is 24.4 Å². The summed E-state index contributed by atoms with van der Waals surface area (Å²) in [5, 5.41) is 37.2. The van der Waals surface area contributed by atoms with Crippen LogP contribution < -0.4 is 0 Å². The zero-order valence-corrected chi connectivity index (χ0v) is 8.19. The normalized spacial score (nSPS) is 41.5. The van der Waals surface area contributed by atoms with E-state index in [0.717, 1.165) is 0 Å². The van der Waals surface area contributed by atoms with Crippen LogP contribution in [-0.4, -0.2) is 64.3 Å². The first-order valence-electron chi connectivity index (χ1n) is 4.64. The van der Waals surface area contributed by atoms with E-state index < -0.39 is 37.3 Å². The van der Waals surface area contributed by atoms with Gasteiger partial charge in [0.05, 0.1) is 13.2 Å². The van der Waals surface area contributed by atoms with Crippen LogP contribution >= 0.6 is 0 Å². The third-order valence-corrected chi connectivity index (χ3v) is 2.25.